The van der Waals surface area contributed by atoms with Crippen LogP contribution in [0.2, 0.25) is 18.1 Å². The second-order valence-corrected chi connectivity index (χ2v) is 12.3. The van der Waals surface area contributed by atoms with Gasteiger partial charge >= 0.3 is 5.97 Å². The Morgan fingerprint density at radius 1 is 1.48 bits per heavy atom. The van der Waals surface area contributed by atoms with Gasteiger partial charge in [-0.15, -0.1) is 0 Å². The van der Waals surface area contributed by atoms with Crippen LogP contribution < -0.4 is 0 Å². The predicted molar refractivity (Wildman–Crippen MR) is 86.6 cm³/mol. The van der Waals surface area contributed by atoms with E-state index >= 15 is 0 Å². The molecule has 4 nitrogen and oxygen atoms in total. The lowest BCUT2D eigenvalue weighted by Crippen LogP contribution is -2.45. The van der Waals surface area contributed by atoms with Crippen molar-refractivity contribution in [2.75, 3.05) is 0 Å². The van der Waals surface area contributed by atoms with Gasteiger partial charge in [0.25, 0.3) is 0 Å². The molecule has 0 aliphatic carbocycles. The fraction of sp³-hybridized carbons (Fsp3) is 0.812. The van der Waals surface area contributed by atoms with Crippen LogP contribution in [-0.4, -0.2) is 37.7 Å². The maximum Gasteiger partial charge on any atom is 0.330 e. The lowest BCUT2D eigenvalue weighted by molar-refractivity contribution is -0.145. The Kier molecular flexibility index (Phi) is 6.19. The smallest absolute Gasteiger partial charge is 0.330 e. The first-order chi connectivity index (χ1) is 9.51. The third-order valence-corrected chi connectivity index (χ3v) is 8.87. The third-order valence-electron chi connectivity index (χ3n) is 4.33. The van der Waals surface area contributed by atoms with Crippen molar-refractivity contribution in [2.24, 2.45) is 0 Å². The normalized spacial score (nSPS) is 22.8. The zero-order chi connectivity index (χ0) is 16.3. The summed E-state index contributed by atoms with van der Waals surface area (Å²) in [6.45, 7) is 12.8. The lowest BCUT2D eigenvalue weighted by Gasteiger charge is -2.40. The van der Waals surface area contributed by atoms with Crippen molar-refractivity contribution in [3.8, 4) is 0 Å². The Bertz CT molecular complexity index is 382. The van der Waals surface area contributed by atoms with Crippen molar-refractivity contribution in [3.05, 3.63) is 12.2 Å². The molecular weight excluding hydrogens is 284 g/mol. The summed E-state index contributed by atoms with van der Waals surface area (Å²) in [5.41, 5.74) is 0. The molecule has 1 N–H and O–H groups in total. The Morgan fingerprint density at radius 3 is 2.57 bits per heavy atom. The zero-order valence-electron chi connectivity index (χ0n) is 14.2. The lowest BCUT2D eigenvalue weighted by atomic mass is 10.0. The second kappa shape index (κ2) is 7.07. The van der Waals surface area contributed by atoms with E-state index in [-0.39, 0.29) is 23.2 Å². The highest BCUT2D eigenvalue weighted by Crippen LogP contribution is 2.38. The van der Waals surface area contributed by atoms with E-state index in [9.17, 15) is 9.90 Å². The fourth-order valence-electron chi connectivity index (χ4n) is 2.17. The van der Waals surface area contributed by atoms with E-state index in [2.05, 4.69) is 33.9 Å². The van der Waals surface area contributed by atoms with Gasteiger partial charge in [0.05, 0.1) is 12.2 Å². The number of aliphatic hydroxyl groups excluding tert-OH is 1. The van der Waals surface area contributed by atoms with Gasteiger partial charge in [0.15, 0.2) is 8.32 Å². The van der Waals surface area contributed by atoms with E-state index in [0.29, 0.717) is 12.8 Å². The van der Waals surface area contributed by atoms with E-state index in [0.717, 1.165) is 6.42 Å². The molecule has 5 heteroatoms. The maximum atomic E-state index is 11.3. The van der Waals surface area contributed by atoms with Crippen LogP contribution in [-0.2, 0) is 14.0 Å². The van der Waals surface area contributed by atoms with Crippen molar-refractivity contribution in [1.82, 2.24) is 0 Å². The SMILES string of the molecule is C[C@@H](O)C[C@@H](C[C@@H]1CC=CC(=O)O1)O[Si](C)(C)C(C)(C)C. The molecule has 0 saturated heterocycles. The summed E-state index contributed by atoms with van der Waals surface area (Å²) in [6, 6.07) is 0. The van der Waals surface area contributed by atoms with Crippen molar-refractivity contribution in [3.63, 3.8) is 0 Å². The van der Waals surface area contributed by atoms with Gasteiger partial charge in [-0.05, 0) is 31.5 Å². The Morgan fingerprint density at radius 2 is 2.10 bits per heavy atom. The number of hydrogen-bond donors (Lipinski definition) is 1. The molecule has 0 fully saturated rings. The molecule has 0 unspecified atom stereocenters. The fourth-order valence-corrected chi connectivity index (χ4v) is 3.55. The molecule has 0 saturated carbocycles. The molecule has 0 bridgehead atoms. The van der Waals surface area contributed by atoms with Crippen molar-refractivity contribution >= 4 is 14.3 Å². The van der Waals surface area contributed by atoms with Crippen molar-refractivity contribution in [1.29, 1.82) is 0 Å². The Hall–Kier alpha value is -0.653. The van der Waals surface area contributed by atoms with Crippen LogP contribution >= 0.6 is 0 Å². The minimum Gasteiger partial charge on any atom is -0.459 e. The van der Waals surface area contributed by atoms with Gasteiger partial charge in [0, 0.05) is 18.9 Å². The van der Waals surface area contributed by atoms with Gasteiger partial charge in [-0.1, -0.05) is 26.8 Å². The number of cyclic esters (lactones) is 1. The first kappa shape index (κ1) is 18.4. The van der Waals surface area contributed by atoms with Crippen LogP contribution in [0.15, 0.2) is 12.2 Å². The van der Waals surface area contributed by atoms with E-state index in [1.165, 1.54) is 6.08 Å². The van der Waals surface area contributed by atoms with Crippen molar-refractivity contribution in [2.45, 2.75) is 83.4 Å². The molecule has 0 radical (unpaired) electrons. The second-order valence-electron chi connectivity index (χ2n) is 7.52. The molecule has 3 atom stereocenters. The average molecular weight is 314 g/mol. The van der Waals surface area contributed by atoms with E-state index < -0.39 is 14.4 Å². The number of aliphatic hydroxyl groups is 1. The molecule has 1 rings (SSSR count). The highest BCUT2D eigenvalue weighted by Gasteiger charge is 2.40. The number of esters is 1. The number of rotatable bonds is 6. The average Bonchev–Trinajstić information content (AvgIpc) is 2.25. The van der Waals surface area contributed by atoms with Gasteiger partial charge in [0.1, 0.15) is 6.10 Å². The van der Waals surface area contributed by atoms with Crippen LogP contribution in [0, 0.1) is 0 Å². The van der Waals surface area contributed by atoms with Gasteiger partial charge < -0.3 is 14.3 Å². The maximum absolute atomic E-state index is 11.3. The molecule has 0 aromatic carbocycles. The summed E-state index contributed by atoms with van der Waals surface area (Å²) in [4.78, 5) is 11.3. The monoisotopic (exact) mass is 314 g/mol. The molecule has 0 aromatic heterocycles. The summed E-state index contributed by atoms with van der Waals surface area (Å²) < 4.78 is 11.7. The zero-order valence-corrected chi connectivity index (χ0v) is 15.2. The predicted octanol–water partition coefficient (Wildman–Crippen LogP) is 3.41. The van der Waals surface area contributed by atoms with Gasteiger partial charge in [-0.3, -0.25) is 0 Å². The van der Waals surface area contributed by atoms with Crippen LogP contribution in [0.3, 0.4) is 0 Å². The Labute approximate surface area is 129 Å². The van der Waals surface area contributed by atoms with E-state index in [1.807, 2.05) is 6.08 Å². The van der Waals surface area contributed by atoms with Gasteiger partial charge in [-0.2, -0.15) is 0 Å². The molecule has 0 amide bonds. The van der Waals surface area contributed by atoms with Gasteiger partial charge in [-0.25, -0.2) is 4.79 Å². The topological polar surface area (TPSA) is 55.8 Å². The van der Waals surface area contributed by atoms with Crippen LogP contribution in [0.4, 0.5) is 0 Å². The minimum atomic E-state index is -1.91. The molecule has 1 aliphatic heterocycles. The van der Waals surface area contributed by atoms with Crippen LogP contribution in [0.25, 0.3) is 0 Å². The molecule has 1 aliphatic rings. The summed E-state index contributed by atoms with van der Waals surface area (Å²) in [5.74, 6) is -0.283. The van der Waals surface area contributed by atoms with Crippen LogP contribution in [0.1, 0.15) is 47.0 Å². The quantitative estimate of drug-likeness (QED) is 0.603. The Balaban J connectivity index is 2.72. The summed E-state index contributed by atoms with van der Waals surface area (Å²) >= 11 is 0. The molecular formula is C16H30O4Si. The third kappa shape index (κ3) is 5.92. The summed E-state index contributed by atoms with van der Waals surface area (Å²) in [5, 5.41) is 9.84. The largest absolute Gasteiger partial charge is 0.459 e. The molecule has 21 heavy (non-hydrogen) atoms. The van der Waals surface area contributed by atoms with E-state index in [4.69, 9.17) is 9.16 Å². The molecule has 0 aromatic rings. The first-order valence-electron chi connectivity index (χ1n) is 7.74. The number of carbonyl (C=O) groups excluding carboxylic acids is 1. The standard InChI is InChI=1S/C16H30O4Si/c1-12(17)10-14(20-21(5,6)16(2,3)4)11-13-8-7-9-15(18)19-13/h7,9,12-14,17H,8,10-11H2,1-6H3/t12-,13+,14+/m1/s1. The minimum absolute atomic E-state index is 0.0739. The number of carbonyl (C=O) groups is 1. The number of ether oxygens (including phenoxy) is 1. The van der Waals surface area contributed by atoms with Crippen molar-refractivity contribution < 1.29 is 19.1 Å². The van der Waals surface area contributed by atoms with E-state index in [1.54, 1.807) is 6.92 Å². The highest BCUT2D eigenvalue weighted by atomic mass is 28.4. The molecule has 0 spiro atoms. The summed E-state index contributed by atoms with van der Waals surface area (Å²) in [6.07, 6.45) is 4.62. The van der Waals surface area contributed by atoms with Crippen LogP contribution in [0.5, 0.6) is 0 Å². The number of hydrogen-bond acceptors (Lipinski definition) is 4. The molecule has 1 heterocycles. The van der Waals surface area contributed by atoms with Gasteiger partial charge in [0.2, 0.25) is 0 Å². The highest BCUT2D eigenvalue weighted by molar-refractivity contribution is 6.74. The first-order valence-corrected chi connectivity index (χ1v) is 10.6. The molecule has 122 valence electrons. The summed E-state index contributed by atoms with van der Waals surface area (Å²) in [7, 11) is -1.91.